The highest BCUT2D eigenvalue weighted by atomic mass is 32.2. The number of hydrogen-bond acceptors (Lipinski definition) is 5. The molecule has 1 aliphatic rings. The highest BCUT2D eigenvalue weighted by molar-refractivity contribution is 7.92. The van der Waals surface area contributed by atoms with Gasteiger partial charge in [0.1, 0.15) is 0 Å². The fourth-order valence-corrected chi connectivity index (χ4v) is 7.05. The van der Waals surface area contributed by atoms with E-state index < -0.39 is 25.8 Å². The molecule has 2 N–H and O–H groups in total. The standard InChI is InChI=1S/C24H26N2O5S2/c27-24(26-20-8-5-11-22(17-20)32(28,29)21-9-3-4-10-21)14-15-25-33(30,31)23-13-12-18-6-1-2-7-19(18)16-23/h1-2,5-8,11-13,16-17,21,25H,3-4,9-10,14-15H2,(H,26,27). The van der Waals surface area contributed by atoms with Crippen LogP contribution in [0, 0.1) is 0 Å². The number of anilines is 1. The van der Waals surface area contributed by atoms with E-state index in [-0.39, 0.29) is 28.0 Å². The molecule has 9 heteroatoms. The van der Waals surface area contributed by atoms with Crippen molar-refractivity contribution in [2.45, 2.75) is 47.1 Å². The normalized spacial score (nSPS) is 15.0. The Morgan fingerprint density at radius 3 is 2.30 bits per heavy atom. The van der Waals surface area contributed by atoms with Gasteiger partial charge >= 0.3 is 0 Å². The van der Waals surface area contributed by atoms with Crippen LogP contribution in [0.2, 0.25) is 0 Å². The zero-order valence-electron chi connectivity index (χ0n) is 18.0. The summed E-state index contributed by atoms with van der Waals surface area (Å²) in [6, 6.07) is 18.5. The van der Waals surface area contributed by atoms with Crippen molar-refractivity contribution in [1.29, 1.82) is 0 Å². The molecule has 0 aliphatic heterocycles. The van der Waals surface area contributed by atoms with Crippen LogP contribution in [-0.2, 0) is 24.7 Å². The zero-order chi connectivity index (χ0) is 23.5. The van der Waals surface area contributed by atoms with Crippen molar-refractivity contribution >= 4 is 42.2 Å². The zero-order valence-corrected chi connectivity index (χ0v) is 19.7. The molecule has 0 radical (unpaired) electrons. The molecular formula is C24H26N2O5S2. The average Bonchev–Trinajstić information content (AvgIpc) is 3.35. The predicted octanol–water partition coefficient (Wildman–Crippen LogP) is 3.86. The van der Waals surface area contributed by atoms with Gasteiger partial charge in [-0.05, 0) is 53.9 Å². The Bertz CT molecular complexity index is 1380. The van der Waals surface area contributed by atoms with Crippen LogP contribution in [0.5, 0.6) is 0 Å². The Labute approximate surface area is 194 Å². The second kappa shape index (κ2) is 9.62. The van der Waals surface area contributed by atoms with Crippen molar-refractivity contribution in [2.75, 3.05) is 11.9 Å². The largest absolute Gasteiger partial charge is 0.326 e. The van der Waals surface area contributed by atoms with Crippen LogP contribution in [0.1, 0.15) is 32.1 Å². The maximum Gasteiger partial charge on any atom is 0.240 e. The average molecular weight is 487 g/mol. The molecule has 33 heavy (non-hydrogen) atoms. The van der Waals surface area contributed by atoms with Gasteiger partial charge < -0.3 is 5.32 Å². The molecule has 3 aromatic carbocycles. The van der Waals surface area contributed by atoms with Crippen molar-refractivity contribution in [3.05, 3.63) is 66.7 Å². The summed E-state index contributed by atoms with van der Waals surface area (Å²) in [5.74, 6) is -0.411. The minimum Gasteiger partial charge on any atom is -0.326 e. The molecule has 1 amide bonds. The lowest BCUT2D eigenvalue weighted by Crippen LogP contribution is -2.28. The van der Waals surface area contributed by atoms with E-state index in [2.05, 4.69) is 10.0 Å². The first kappa shape index (κ1) is 23.4. The van der Waals surface area contributed by atoms with E-state index >= 15 is 0 Å². The molecule has 0 heterocycles. The third-order valence-corrected chi connectivity index (χ3v) is 9.58. The first-order valence-corrected chi connectivity index (χ1v) is 13.9. The Hall–Kier alpha value is -2.75. The Morgan fingerprint density at radius 2 is 1.55 bits per heavy atom. The minimum absolute atomic E-state index is 0.0823. The molecule has 1 saturated carbocycles. The number of carbonyl (C=O) groups excluding carboxylic acids is 1. The molecule has 0 bridgehead atoms. The summed E-state index contributed by atoms with van der Waals surface area (Å²) < 4.78 is 53.2. The molecule has 0 spiro atoms. The van der Waals surface area contributed by atoms with Gasteiger partial charge in [-0.3, -0.25) is 4.79 Å². The fraction of sp³-hybridized carbons (Fsp3) is 0.292. The van der Waals surface area contributed by atoms with E-state index in [1.54, 1.807) is 30.3 Å². The van der Waals surface area contributed by atoms with Gasteiger partial charge in [0.15, 0.2) is 9.84 Å². The van der Waals surface area contributed by atoms with Crippen molar-refractivity contribution in [3.8, 4) is 0 Å². The molecule has 1 aliphatic carbocycles. The summed E-state index contributed by atoms with van der Waals surface area (Å²) in [7, 11) is -7.19. The molecule has 0 aromatic heterocycles. The number of carbonyl (C=O) groups is 1. The molecule has 0 saturated heterocycles. The van der Waals surface area contributed by atoms with Gasteiger partial charge in [-0.2, -0.15) is 0 Å². The van der Waals surface area contributed by atoms with E-state index in [4.69, 9.17) is 0 Å². The highest BCUT2D eigenvalue weighted by Crippen LogP contribution is 2.30. The van der Waals surface area contributed by atoms with Gasteiger partial charge in [-0.25, -0.2) is 21.6 Å². The number of benzene rings is 3. The number of sulfone groups is 1. The van der Waals surface area contributed by atoms with Crippen LogP contribution in [0.4, 0.5) is 5.69 Å². The molecule has 174 valence electrons. The van der Waals surface area contributed by atoms with Crippen molar-refractivity contribution in [1.82, 2.24) is 4.72 Å². The van der Waals surface area contributed by atoms with Crippen LogP contribution in [0.25, 0.3) is 10.8 Å². The summed E-state index contributed by atoms with van der Waals surface area (Å²) in [5.41, 5.74) is 0.372. The third-order valence-electron chi connectivity index (χ3n) is 5.86. The summed E-state index contributed by atoms with van der Waals surface area (Å²) >= 11 is 0. The van der Waals surface area contributed by atoms with E-state index in [1.807, 2.05) is 24.3 Å². The summed E-state index contributed by atoms with van der Waals surface area (Å²) in [6.07, 6.45) is 3.06. The van der Waals surface area contributed by atoms with Gasteiger partial charge in [0, 0.05) is 18.7 Å². The predicted molar refractivity (Wildman–Crippen MR) is 128 cm³/mol. The Kier molecular flexibility index (Phi) is 6.83. The molecule has 4 rings (SSSR count). The smallest absolute Gasteiger partial charge is 0.240 e. The number of rotatable bonds is 8. The fourth-order valence-electron chi connectivity index (χ4n) is 4.08. The Balaban J connectivity index is 1.35. The van der Waals surface area contributed by atoms with E-state index in [0.717, 1.165) is 23.6 Å². The van der Waals surface area contributed by atoms with Crippen LogP contribution >= 0.6 is 0 Å². The van der Waals surface area contributed by atoms with Gasteiger partial charge in [0.2, 0.25) is 15.9 Å². The lowest BCUT2D eigenvalue weighted by molar-refractivity contribution is -0.116. The molecule has 1 fully saturated rings. The summed E-state index contributed by atoms with van der Waals surface area (Å²) in [6.45, 7) is -0.0823. The van der Waals surface area contributed by atoms with Crippen molar-refractivity contribution in [3.63, 3.8) is 0 Å². The van der Waals surface area contributed by atoms with E-state index in [1.165, 1.54) is 12.1 Å². The quantitative estimate of drug-likeness (QED) is 0.502. The monoisotopic (exact) mass is 486 g/mol. The first-order valence-electron chi connectivity index (χ1n) is 10.9. The second-order valence-corrected chi connectivity index (χ2v) is 12.2. The topological polar surface area (TPSA) is 109 Å². The first-order chi connectivity index (χ1) is 15.8. The Morgan fingerprint density at radius 1 is 0.818 bits per heavy atom. The molecular weight excluding hydrogens is 460 g/mol. The van der Waals surface area contributed by atoms with Crippen LogP contribution in [0.3, 0.4) is 0 Å². The molecule has 3 aromatic rings. The number of sulfonamides is 1. The van der Waals surface area contributed by atoms with Crippen LogP contribution in [-0.4, -0.2) is 34.5 Å². The maximum atomic E-state index is 12.8. The van der Waals surface area contributed by atoms with Gasteiger partial charge in [0.05, 0.1) is 15.0 Å². The molecule has 7 nitrogen and oxygen atoms in total. The minimum atomic E-state index is -3.77. The number of amides is 1. The molecule has 0 unspecified atom stereocenters. The maximum absolute atomic E-state index is 12.8. The second-order valence-electron chi connectivity index (χ2n) is 8.18. The lowest BCUT2D eigenvalue weighted by Gasteiger charge is -2.13. The third kappa shape index (κ3) is 5.43. The molecule has 0 atom stereocenters. The summed E-state index contributed by atoms with van der Waals surface area (Å²) in [4.78, 5) is 12.7. The van der Waals surface area contributed by atoms with Crippen molar-refractivity contribution < 1.29 is 21.6 Å². The number of nitrogens with one attached hydrogen (secondary N) is 2. The number of fused-ring (bicyclic) bond motifs is 1. The SMILES string of the molecule is O=C(CCNS(=O)(=O)c1ccc2ccccc2c1)Nc1cccc(S(=O)(=O)C2CCCC2)c1. The summed E-state index contributed by atoms with van der Waals surface area (Å²) in [5, 5.41) is 4.04. The van der Waals surface area contributed by atoms with E-state index in [0.29, 0.717) is 18.5 Å². The van der Waals surface area contributed by atoms with Gasteiger partial charge in [-0.15, -0.1) is 0 Å². The van der Waals surface area contributed by atoms with Crippen molar-refractivity contribution in [2.24, 2.45) is 0 Å². The highest BCUT2D eigenvalue weighted by Gasteiger charge is 2.30. The van der Waals surface area contributed by atoms with E-state index in [9.17, 15) is 21.6 Å². The van der Waals surface area contributed by atoms with Crippen LogP contribution < -0.4 is 10.0 Å². The van der Waals surface area contributed by atoms with Crippen LogP contribution in [0.15, 0.2) is 76.5 Å². The number of hydrogen-bond donors (Lipinski definition) is 2. The van der Waals surface area contributed by atoms with Gasteiger partial charge in [0.25, 0.3) is 0 Å². The van der Waals surface area contributed by atoms with Gasteiger partial charge in [-0.1, -0.05) is 49.2 Å². The lowest BCUT2D eigenvalue weighted by atomic mass is 10.1.